The molecule has 43 heavy (non-hydrogen) atoms. The number of nitrogens with two attached hydrogens (primary N) is 1. The van der Waals surface area contributed by atoms with E-state index in [4.69, 9.17) is 20.6 Å². The van der Waals surface area contributed by atoms with Gasteiger partial charge in [-0.05, 0) is 60.0 Å². The maximum absolute atomic E-state index is 13.7. The number of methoxy groups -OCH3 is 1. The zero-order chi connectivity index (χ0) is 30.9. The van der Waals surface area contributed by atoms with Crippen LogP contribution in [0.2, 0.25) is 0 Å². The number of hydrogen-bond acceptors (Lipinski definition) is 6. The SMILES string of the molecule is COC(=O)c1cc(C(=O)NCC(C)C)ccc1-c1c(OCc2ccccc2)cccc1C(=O)Nc1ccc(C(=N)N)cc1. The van der Waals surface area contributed by atoms with Crippen molar-refractivity contribution in [3.05, 3.63) is 119 Å². The average molecular weight is 579 g/mol. The first kappa shape index (κ1) is 30.5. The number of ether oxygens (including phenoxy) is 2. The fourth-order valence-electron chi connectivity index (χ4n) is 4.37. The summed E-state index contributed by atoms with van der Waals surface area (Å²) in [7, 11) is 1.26. The van der Waals surface area contributed by atoms with E-state index in [1.54, 1.807) is 54.6 Å². The lowest BCUT2D eigenvalue weighted by molar-refractivity contribution is 0.0601. The van der Waals surface area contributed by atoms with E-state index in [1.807, 2.05) is 44.2 Å². The maximum atomic E-state index is 13.7. The number of hydrogen-bond donors (Lipinski definition) is 4. The van der Waals surface area contributed by atoms with Gasteiger partial charge in [0.05, 0.1) is 18.2 Å². The minimum atomic E-state index is -0.669. The van der Waals surface area contributed by atoms with Gasteiger partial charge in [-0.2, -0.15) is 0 Å². The first-order valence-electron chi connectivity index (χ1n) is 13.7. The number of nitrogen functional groups attached to an aromatic ring is 1. The minimum absolute atomic E-state index is 0.0832. The molecule has 4 aromatic rings. The van der Waals surface area contributed by atoms with Crippen LogP contribution >= 0.6 is 0 Å². The predicted octanol–water partition coefficient (Wildman–Crippen LogP) is 5.64. The van der Waals surface area contributed by atoms with Crippen molar-refractivity contribution in [2.24, 2.45) is 11.7 Å². The third-order valence-electron chi connectivity index (χ3n) is 6.59. The first-order valence-corrected chi connectivity index (χ1v) is 13.7. The standard InChI is InChI=1S/C34H34N4O5/c1-21(2)19-37-32(39)24-14-17-26(28(18-24)34(41)42-3)30-27(33(40)38-25-15-12-23(13-16-25)31(35)36)10-7-11-29(30)43-20-22-8-5-4-6-9-22/h4-18,21H,19-20H2,1-3H3,(H3,35,36)(H,37,39)(H,38,40). The number of amides is 2. The highest BCUT2D eigenvalue weighted by atomic mass is 16.5. The van der Waals surface area contributed by atoms with Gasteiger partial charge in [0.2, 0.25) is 0 Å². The summed E-state index contributed by atoms with van der Waals surface area (Å²) in [4.78, 5) is 39.6. The van der Waals surface area contributed by atoms with Crippen molar-refractivity contribution in [1.29, 1.82) is 5.41 Å². The van der Waals surface area contributed by atoms with Crippen molar-refractivity contribution >= 4 is 29.3 Å². The van der Waals surface area contributed by atoms with Gasteiger partial charge in [0.15, 0.2) is 0 Å². The van der Waals surface area contributed by atoms with Crippen LogP contribution in [0.3, 0.4) is 0 Å². The molecule has 2 amide bonds. The molecule has 9 heteroatoms. The molecule has 0 aromatic heterocycles. The largest absolute Gasteiger partial charge is 0.488 e. The van der Waals surface area contributed by atoms with E-state index in [-0.39, 0.29) is 41.0 Å². The van der Waals surface area contributed by atoms with Crippen LogP contribution in [0.4, 0.5) is 5.69 Å². The molecule has 5 N–H and O–H groups in total. The van der Waals surface area contributed by atoms with Crippen molar-refractivity contribution < 1.29 is 23.9 Å². The number of anilines is 1. The normalized spacial score (nSPS) is 10.6. The van der Waals surface area contributed by atoms with Crippen molar-refractivity contribution in [3.8, 4) is 16.9 Å². The summed E-state index contributed by atoms with van der Waals surface area (Å²) in [5, 5.41) is 13.3. The van der Waals surface area contributed by atoms with Crippen LogP contribution in [0.1, 0.15) is 56.0 Å². The van der Waals surface area contributed by atoms with Crippen molar-refractivity contribution in [2.45, 2.75) is 20.5 Å². The smallest absolute Gasteiger partial charge is 0.338 e. The van der Waals surface area contributed by atoms with Gasteiger partial charge in [-0.15, -0.1) is 0 Å². The average Bonchev–Trinajstić information content (AvgIpc) is 3.02. The lowest BCUT2D eigenvalue weighted by Crippen LogP contribution is -2.27. The predicted molar refractivity (Wildman–Crippen MR) is 167 cm³/mol. The van der Waals surface area contributed by atoms with E-state index < -0.39 is 11.9 Å². The Morgan fingerprint density at radius 1 is 0.837 bits per heavy atom. The molecule has 0 aliphatic carbocycles. The van der Waals surface area contributed by atoms with Crippen molar-refractivity contribution in [1.82, 2.24) is 5.32 Å². The van der Waals surface area contributed by atoms with E-state index in [1.165, 1.54) is 13.2 Å². The van der Waals surface area contributed by atoms with Crippen molar-refractivity contribution in [2.75, 3.05) is 19.0 Å². The molecule has 0 spiro atoms. The molecular formula is C34H34N4O5. The van der Waals surface area contributed by atoms with Gasteiger partial charge in [0.1, 0.15) is 18.2 Å². The van der Waals surface area contributed by atoms with Crippen LogP contribution in [0, 0.1) is 11.3 Å². The van der Waals surface area contributed by atoms with Crippen LogP contribution in [-0.4, -0.2) is 37.3 Å². The number of rotatable bonds is 11. The topological polar surface area (TPSA) is 144 Å². The van der Waals surface area contributed by atoms with Crippen LogP contribution in [0.25, 0.3) is 11.1 Å². The Labute approximate surface area is 250 Å². The Kier molecular flexibility index (Phi) is 9.90. The highest BCUT2D eigenvalue weighted by molar-refractivity contribution is 6.12. The fourth-order valence-corrected chi connectivity index (χ4v) is 4.37. The van der Waals surface area contributed by atoms with Crippen LogP contribution in [0.15, 0.2) is 91.0 Å². The van der Waals surface area contributed by atoms with Gasteiger partial charge in [0.25, 0.3) is 11.8 Å². The van der Waals surface area contributed by atoms with E-state index in [0.717, 1.165) is 5.56 Å². The van der Waals surface area contributed by atoms with Gasteiger partial charge < -0.3 is 25.8 Å². The monoisotopic (exact) mass is 578 g/mol. The van der Waals surface area contributed by atoms with Gasteiger partial charge >= 0.3 is 5.97 Å². The number of nitrogens with one attached hydrogen (secondary N) is 3. The summed E-state index contributed by atoms with van der Waals surface area (Å²) in [5.74, 6) is -0.920. The van der Waals surface area contributed by atoms with E-state index in [2.05, 4.69) is 10.6 Å². The van der Waals surface area contributed by atoms with Crippen LogP contribution in [0.5, 0.6) is 5.75 Å². The Hall–Kier alpha value is -5.44. The molecule has 0 atom stereocenters. The van der Waals surface area contributed by atoms with Gasteiger partial charge in [-0.1, -0.05) is 56.3 Å². The minimum Gasteiger partial charge on any atom is -0.488 e. The van der Waals surface area contributed by atoms with Gasteiger partial charge in [0, 0.05) is 34.5 Å². The quantitative estimate of drug-likeness (QED) is 0.103. The Morgan fingerprint density at radius 2 is 1.53 bits per heavy atom. The molecule has 0 radical (unpaired) electrons. The molecular weight excluding hydrogens is 544 g/mol. The molecule has 0 aliphatic heterocycles. The molecule has 0 heterocycles. The lowest BCUT2D eigenvalue weighted by Gasteiger charge is -2.19. The number of esters is 1. The molecule has 0 fully saturated rings. The number of carbonyl (C=O) groups excluding carboxylic acids is 3. The number of benzene rings is 4. The summed E-state index contributed by atoms with van der Waals surface area (Å²) >= 11 is 0. The zero-order valence-corrected chi connectivity index (χ0v) is 24.3. The summed E-state index contributed by atoms with van der Waals surface area (Å²) in [5.41, 5.74) is 8.85. The molecule has 0 saturated carbocycles. The first-order chi connectivity index (χ1) is 20.7. The van der Waals surface area contributed by atoms with Crippen molar-refractivity contribution in [3.63, 3.8) is 0 Å². The second-order valence-corrected chi connectivity index (χ2v) is 10.3. The van der Waals surface area contributed by atoms with E-state index in [9.17, 15) is 14.4 Å². The fraction of sp³-hybridized carbons (Fsp3) is 0.176. The van der Waals surface area contributed by atoms with Gasteiger partial charge in [-0.25, -0.2) is 4.79 Å². The molecule has 0 unspecified atom stereocenters. The Bertz CT molecular complexity index is 1630. The second kappa shape index (κ2) is 14.0. The lowest BCUT2D eigenvalue weighted by atomic mass is 9.92. The summed E-state index contributed by atoms with van der Waals surface area (Å²) in [6, 6.07) is 25.9. The number of carbonyl (C=O) groups is 3. The maximum Gasteiger partial charge on any atom is 0.338 e. The zero-order valence-electron chi connectivity index (χ0n) is 24.3. The van der Waals surface area contributed by atoms with Crippen LogP contribution in [-0.2, 0) is 11.3 Å². The second-order valence-electron chi connectivity index (χ2n) is 10.3. The highest BCUT2D eigenvalue weighted by Gasteiger charge is 2.24. The summed E-state index contributed by atoms with van der Waals surface area (Å²) in [6.07, 6.45) is 0. The van der Waals surface area contributed by atoms with Crippen LogP contribution < -0.4 is 21.1 Å². The summed E-state index contributed by atoms with van der Waals surface area (Å²) in [6.45, 7) is 4.66. The Morgan fingerprint density at radius 3 is 2.19 bits per heavy atom. The molecule has 220 valence electrons. The van der Waals surface area contributed by atoms with Gasteiger partial charge in [-0.3, -0.25) is 15.0 Å². The molecule has 0 aliphatic rings. The molecule has 0 bridgehead atoms. The summed E-state index contributed by atoms with van der Waals surface area (Å²) < 4.78 is 11.3. The molecule has 9 nitrogen and oxygen atoms in total. The highest BCUT2D eigenvalue weighted by Crippen LogP contribution is 2.37. The third kappa shape index (κ3) is 7.65. The third-order valence-corrected chi connectivity index (χ3v) is 6.59. The molecule has 4 rings (SSSR count). The Balaban J connectivity index is 1.80. The molecule has 0 saturated heterocycles. The molecule has 4 aromatic carbocycles. The van der Waals surface area contributed by atoms with E-state index >= 15 is 0 Å². The van der Waals surface area contributed by atoms with E-state index in [0.29, 0.717) is 34.7 Å². The number of amidine groups is 1.